The number of amides is 1. The Bertz CT molecular complexity index is 925. The molecule has 10 heteroatoms. The summed E-state index contributed by atoms with van der Waals surface area (Å²) in [6, 6.07) is 10.8. The molecule has 0 radical (unpaired) electrons. The summed E-state index contributed by atoms with van der Waals surface area (Å²) >= 11 is 3.28. The summed E-state index contributed by atoms with van der Waals surface area (Å²) < 4.78 is 20.2. The van der Waals surface area contributed by atoms with Crippen LogP contribution in [-0.4, -0.2) is 51.2 Å². The molecular weight excluding hydrogens is 462 g/mol. The number of esters is 3. The summed E-state index contributed by atoms with van der Waals surface area (Å²) in [6.07, 6.45) is 0. The van der Waals surface area contributed by atoms with Gasteiger partial charge in [-0.3, -0.25) is 4.79 Å². The van der Waals surface area contributed by atoms with Crippen LogP contribution < -0.4 is 10.1 Å². The Morgan fingerprint density at radius 2 is 1.53 bits per heavy atom. The number of hydrogen-bond donors (Lipinski definition) is 1. The second kappa shape index (κ2) is 11.0. The average Bonchev–Trinajstić information content (AvgIpc) is 2.74. The van der Waals surface area contributed by atoms with Gasteiger partial charge in [-0.25, -0.2) is 14.4 Å². The van der Waals surface area contributed by atoms with Crippen molar-refractivity contribution in [2.45, 2.75) is 0 Å². The van der Waals surface area contributed by atoms with Crippen LogP contribution in [0.15, 0.2) is 46.9 Å². The minimum absolute atomic E-state index is 0.0371. The van der Waals surface area contributed by atoms with E-state index < -0.39 is 30.4 Å². The molecule has 1 amide bonds. The van der Waals surface area contributed by atoms with Gasteiger partial charge in [0.15, 0.2) is 13.2 Å². The second-order valence-corrected chi connectivity index (χ2v) is 6.65. The highest BCUT2D eigenvalue weighted by atomic mass is 79.9. The standard InChI is InChI=1S/C20H18BrNO8/c1-27-19(25)12-6-13(20(26)28-2)8-15(7-12)22-17(23)10-30-18(24)11-29-16-5-3-4-14(21)9-16/h3-9H,10-11H2,1-2H3,(H,22,23). The lowest BCUT2D eigenvalue weighted by Crippen LogP contribution is -2.24. The lowest BCUT2D eigenvalue weighted by molar-refractivity contribution is -0.149. The van der Waals surface area contributed by atoms with Gasteiger partial charge < -0.3 is 24.3 Å². The maximum Gasteiger partial charge on any atom is 0.344 e. The summed E-state index contributed by atoms with van der Waals surface area (Å²) in [4.78, 5) is 47.4. The van der Waals surface area contributed by atoms with Crippen molar-refractivity contribution in [3.63, 3.8) is 0 Å². The smallest absolute Gasteiger partial charge is 0.344 e. The molecule has 0 saturated heterocycles. The second-order valence-electron chi connectivity index (χ2n) is 5.74. The first-order chi connectivity index (χ1) is 14.3. The van der Waals surface area contributed by atoms with E-state index in [9.17, 15) is 19.2 Å². The topological polar surface area (TPSA) is 117 Å². The molecule has 158 valence electrons. The van der Waals surface area contributed by atoms with Crippen LogP contribution in [0.5, 0.6) is 5.75 Å². The number of hydrogen-bond acceptors (Lipinski definition) is 8. The van der Waals surface area contributed by atoms with Crippen LogP contribution in [0.1, 0.15) is 20.7 Å². The first-order valence-electron chi connectivity index (χ1n) is 8.48. The molecule has 0 unspecified atom stereocenters. The van der Waals surface area contributed by atoms with Crippen LogP contribution in [0.3, 0.4) is 0 Å². The zero-order valence-corrected chi connectivity index (χ0v) is 17.7. The number of nitrogens with one attached hydrogen (secondary N) is 1. The maximum absolute atomic E-state index is 12.1. The monoisotopic (exact) mass is 479 g/mol. The highest BCUT2D eigenvalue weighted by molar-refractivity contribution is 9.10. The quantitative estimate of drug-likeness (QED) is 0.453. The van der Waals surface area contributed by atoms with Gasteiger partial charge in [0.25, 0.3) is 5.91 Å². The third-order valence-corrected chi connectivity index (χ3v) is 4.07. The molecule has 0 heterocycles. The van der Waals surface area contributed by atoms with Gasteiger partial charge in [0, 0.05) is 10.2 Å². The molecule has 0 bridgehead atoms. The van der Waals surface area contributed by atoms with Crippen molar-refractivity contribution in [2.24, 2.45) is 0 Å². The van der Waals surface area contributed by atoms with Crippen molar-refractivity contribution < 1.29 is 38.1 Å². The van der Waals surface area contributed by atoms with Crippen molar-refractivity contribution in [1.29, 1.82) is 0 Å². The van der Waals surface area contributed by atoms with E-state index in [-0.39, 0.29) is 23.4 Å². The molecule has 0 aliphatic carbocycles. The lowest BCUT2D eigenvalue weighted by atomic mass is 10.1. The fourth-order valence-electron chi connectivity index (χ4n) is 2.25. The van der Waals surface area contributed by atoms with Gasteiger partial charge in [0.05, 0.1) is 25.3 Å². The maximum atomic E-state index is 12.1. The number of carbonyl (C=O) groups is 4. The molecule has 0 atom stereocenters. The fraction of sp³-hybridized carbons (Fsp3) is 0.200. The number of halogens is 1. The highest BCUT2D eigenvalue weighted by Crippen LogP contribution is 2.18. The largest absolute Gasteiger partial charge is 0.482 e. The molecule has 0 spiro atoms. The summed E-state index contributed by atoms with van der Waals surface area (Å²) in [5.41, 5.74) is 0.204. The van der Waals surface area contributed by atoms with E-state index in [1.807, 2.05) is 0 Å². The third-order valence-electron chi connectivity index (χ3n) is 3.58. The number of anilines is 1. The SMILES string of the molecule is COC(=O)c1cc(NC(=O)COC(=O)COc2cccc(Br)c2)cc(C(=O)OC)c1. The Kier molecular flexibility index (Phi) is 8.36. The van der Waals surface area contributed by atoms with Gasteiger partial charge in [-0.05, 0) is 36.4 Å². The highest BCUT2D eigenvalue weighted by Gasteiger charge is 2.16. The molecule has 30 heavy (non-hydrogen) atoms. The van der Waals surface area contributed by atoms with E-state index in [0.717, 1.165) is 4.47 Å². The Labute approximate surface area is 180 Å². The van der Waals surface area contributed by atoms with Crippen molar-refractivity contribution in [1.82, 2.24) is 0 Å². The minimum atomic E-state index is -0.747. The van der Waals surface area contributed by atoms with Crippen molar-refractivity contribution >= 4 is 45.4 Å². The molecule has 0 aliphatic heterocycles. The molecule has 2 aromatic carbocycles. The third kappa shape index (κ3) is 6.89. The summed E-state index contributed by atoms with van der Waals surface area (Å²) in [6.45, 7) is -0.968. The minimum Gasteiger partial charge on any atom is -0.482 e. The fourth-order valence-corrected chi connectivity index (χ4v) is 2.63. The molecule has 0 saturated carbocycles. The van der Waals surface area contributed by atoms with Crippen LogP contribution in [0.4, 0.5) is 5.69 Å². The van der Waals surface area contributed by atoms with Crippen LogP contribution in [0.2, 0.25) is 0 Å². The van der Waals surface area contributed by atoms with E-state index in [0.29, 0.717) is 5.75 Å². The summed E-state index contributed by atoms with van der Waals surface area (Å²) in [5, 5.41) is 2.44. The molecule has 9 nitrogen and oxygen atoms in total. The van der Waals surface area contributed by atoms with E-state index in [1.54, 1.807) is 24.3 Å². The Hall–Kier alpha value is -3.40. The lowest BCUT2D eigenvalue weighted by Gasteiger charge is -2.10. The normalized spacial score (nSPS) is 9.97. The summed E-state index contributed by atoms with van der Waals surface area (Å²) in [5.74, 6) is -2.37. The van der Waals surface area contributed by atoms with Crippen molar-refractivity contribution in [3.05, 3.63) is 58.1 Å². The molecular formula is C20H18BrNO8. The van der Waals surface area contributed by atoms with Gasteiger partial charge in [-0.15, -0.1) is 0 Å². The average molecular weight is 480 g/mol. The first-order valence-corrected chi connectivity index (χ1v) is 9.27. The predicted molar refractivity (Wildman–Crippen MR) is 108 cm³/mol. The van der Waals surface area contributed by atoms with Crippen molar-refractivity contribution in [2.75, 3.05) is 32.8 Å². The van der Waals surface area contributed by atoms with Crippen LogP contribution >= 0.6 is 15.9 Å². The van der Waals surface area contributed by atoms with E-state index in [2.05, 4.69) is 30.7 Å². The van der Waals surface area contributed by atoms with Gasteiger partial charge in [0.2, 0.25) is 0 Å². The molecule has 0 aliphatic rings. The van der Waals surface area contributed by atoms with Crippen LogP contribution in [0.25, 0.3) is 0 Å². The number of benzene rings is 2. The van der Waals surface area contributed by atoms with E-state index in [1.165, 1.54) is 32.4 Å². The van der Waals surface area contributed by atoms with Gasteiger partial charge in [0.1, 0.15) is 5.75 Å². The zero-order valence-electron chi connectivity index (χ0n) is 16.1. The Morgan fingerprint density at radius 1 is 0.900 bits per heavy atom. The molecule has 2 rings (SSSR count). The number of ether oxygens (including phenoxy) is 4. The van der Waals surface area contributed by atoms with Crippen LogP contribution in [-0.2, 0) is 23.8 Å². The molecule has 2 aromatic rings. The molecule has 0 aromatic heterocycles. The number of carbonyl (C=O) groups excluding carboxylic acids is 4. The molecule has 0 fully saturated rings. The Balaban J connectivity index is 1.94. The predicted octanol–water partition coefficient (Wildman–Crippen LogP) is 2.58. The van der Waals surface area contributed by atoms with E-state index >= 15 is 0 Å². The van der Waals surface area contributed by atoms with Crippen LogP contribution in [0, 0.1) is 0 Å². The van der Waals surface area contributed by atoms with Gasteiger partial charge in [-0.2, -0.15) is 0 Å². The first kappa shape index (κ1) is 22.9. The number of methoxy groups -OCH3 is 2. The van der Waals surface area contributed by atoms with Crippen molar-refractivity contribution in [3.8, 4) is 5.75 Å². The molecule has 1 N–H and O–H groups in total. The summed E-state index contributed by atoms with van der Waals surface area (Å²) in [7, 11) is 2.36. The number of rotatable bonds is 8. The van der Waals surface area contributed by atoms with Gasteiger partial charge in [-0.1, -0.05) is 22.0 Å². The van der Waals surface area contributed by atoms with Gasteiger partial charge >= 0.3 is 17.9 Å². The zero-order chi connectivity index (χ0) is 22.1. The Morgan fingerprint density at radius 3 is 2.10 bits per heavy atom. The van der Waals surface area contributed by atoms with E-state index in [4.69, 9.17) is 9.47 Å².